The van der Waals surface area contributed by atoms with E-state index in [-0.39, 0.29) is 6.04 Å². The van der Waals surface area contributed by atoms with Gasteiger partial charge in [0.15, 0.2) is 0 Å². The normalized spacial score (nSPS) is 12.7. The van der Waals surface area contributed by atoms with Crippen molar-refractivity contribution in [3.05, 3.63) is 58.5 Å². The number of hydrogen-bond donors (Lipinski definition) is 2. The number of nitrogens with one attached hydrogen (secondary N) is 1. The van der Waals surface area contributed by atoms with E-state index in [0.29, 0.717) is 0 Å². The summed E-state index contributed by atoms with van der Waals surface area (Å²) in [5.74, 6) is 5.76. The van der Waals surface area contributed by atoms with Crippen molar-refractivity contribution in [2.45, 2.75) is 12.5 Å². The zero-order valence-corrected chi connectivity index (χ0v) is 13.2. The predicted octanol–water partition coefficient (Wildman–Crippen LogP) is 2.48. The molecule has 0 amide bonds. The van der Waals surface area contributed by atoms with E-state index >= 15 is 0 Å². The molecule has 0 aliphatic heterocycles. The van der Waals surface area contributed by atoms with Crippen LogP contribution in [0.2, 0.25) is 0 Å². The minimum absolute atomic E-state index is 0.0628. The number of aryl methyl sites for hydroxylation is 1. The fourth-order valence-corrected chi connectivity index (χ4v) is 2.95. The van der Waals surface area contributed by atoms with Gasteiger partial charge in [0.2, 0.25) is 0 Å². The van der Waals surface area contributed by atoms with Crippen LogP contribution in [0.3, 0.4) is 0 Å². The smallest absolute Gasteiger partial charge is 0.0889 e. The van der Waals surface area contributed by atoms with Gasteiger partial charge in [-0.25, -0.2) is 0 Å². The number of nitrogens with two attached hydrogens (primary N) is 1. The summed E-state index contributed by atoms with van der Waals surface area (Å²) in [6.07, 6.45) is 4.34. The molecule has 3 aromatic rings. The van der Waals surface area contributed by atoms with Crippen LogP contribution in [0.5, 0.6) is 0 Å². The number of pyridine rings is 1. The van der Waals surface area contributed by atoms with E-state index in [4.69, 9.17) is 5.84 Å². The van der Waals surface area contributed by atoms with E-state index in [2.05, 4.69) is 43.6 Å². The first-order valence-corrected chi connectivity index (χ1v) is 7.45. The molecule has 108 valence electrons. The Hall–Kier alpha value is -1.76. The fraction of sp³-hybridized carbons (Fsp3) is 0.200. The first-order valence-electron chi connectivity index (χ1n) is 6.66. The van der Waals surface area contributed by atoms with Crippen molar-refractivity contribution in [2.24, 2.45) is 12.9 Å². The molecule has 2 heterocycles. The Morgan fingerprint density at radius 2 is 2.14 bits per heavy atom. The van der Waals surface area contributed by atoms with E-state index in [1.165, 1.54) is 0 Å². The number of fused-ring (bicyclic) bond motifs is 1. The first-order chi connectivity index (χ1) is 10.2. The second-order valence-corrected chi connectivity index (χ2v) is 5.88. The van der Waals surface area contributed by atoms with Gasteiger partial charge >= 0.3 is 0 Å². The Labute approximate surface area is 131 Å². The zero-order chi connectivity index (χ0) is 14.8. The van der Waals surface area contributed by atoms with E-state index in [0.717, 1.165) is 33.1 Å². The molecule has 2 aromatic heterocycles. The standard InChI is InChI=1S/C15H16BrN5/c1-21-14-5-3-2-4-12(14)15(20-21)13(19-17)7-10-6-11(16)9-18-8-10/h2-6,8-9,13,19H,7,17H2,1H3. The highest BCUT2D eigenvalue weighted by Crippen LogP contribution is 2.25. The highest BCUT2D eigenvalue weighted by atomic mass is 79.9. The molecule has 3 N–H and O–H groups in total. The number of rotatable bonds is 4. The van der Waals surface area contributed by atoms with Gasteiger partial charge < -0.3 is 0 Å². The summed E-state index contributed by atoms with van der Waals surface area (Å²) >= 11 is 3.44. The summed E-state index contributed by atoms with van der Waals surface area (Å²) in [7, 11) is 1.94. The van der Waals surface area contributed by atoms with E-state index in [1.54, 1.807) is 6.20 Å². The van der Waals surface area contributed by atoms with Crippen molar-refractivity contribution < 1.29 is 0 Å². The lowest BCUT2D eigenvalue weighted by atomic mass is 10.0. The van der Waals surface area contributed by atoms with Crippen LogP contribution in [-0.4, -0.2) is 14.8 Å². The van der Waals surface area contributed by atoms with Gasteiger partial charge in [0.1, 0.15) is 0 Å². The third-order valence-corrected chi connectivity index (χ3v) is 3.95. The molecule has 0 spiro atoms. The minimum Gasteiger partial charge on any atom is -0.271 e. The molecular weight excluding hydrogens is 330 g/mol. The van der Waals surface area contributed by atoms with Gasteiger partial charge in [0.25, 0.3) is 0 Å². The SMILES string of the molecule is Cn1nc(C(Cc2cncc(Br)c2)NN)c2ccccc21. The molecule has 0 aliphatic carbocycles. The molecule has 0 aliphatic rings. The highest BCUT2D eigenvalue weighted by Gasteiger charge is 2.18. The predicted molar refractivity (Wildman–Crippen MR) is 86.4 cm³/mol. The topological polar surface area (TPSA) is 68.8 Å². The quantitative estimate of drug-likeness (QED) is 0.563. The molecule has 0 saturated carbocycles. The van der Waals surface area contributed by atoms with Crippen LogP contribution in [0.4, 0.5) is 0 Å². The zero-order valence-electron chi connectivity index (χ0n) is 11.6. The van der Waals surface area contributed by atoms with Crippen molar-refractivity contribution >= 4 is 26.8 Å². The highest BCUT2D eigenvalue weighted by molar-refractivity contribution is 9.10. The molecular formula is C15H16BrN5. The summed E-state index contributed by atoms with van der Waals surface area (Å²) < 4.78 is 2.84. The second kappa shape index (κ2) is 5.93. The van der Waals surface area contributed by atoms with Gasteiger partial charge in [-0.1, -0.05) is 18.2 Å². The van der Waals surface area contributed by atoms with Gasteiger partial charge in [-0.15, -0.1) is 0 Å². The number of aromatic nitrogens is 3. The minimum atomic E-state index is -0.0628. The van der Waals surface area contributed by atoms with Crippen molar-refractivity contribution in [3.8, 4) is 0 Å². The third-order valence-electron chi connectivity index (χ3n) is 3.52. The first kappa shape index (κ1) is 14.2. The van der Waals surface area contributed by atoms with Crippen molar-refractivity contribution in [1.82, 2.24) is 20.2 Å². The average Bonchev–Trinajstić information content (AvgIpc) is 2.83. The summed E-state index contributed by atoms with van der Waals surface area (Å²) in [4.78, 5) is 4.19. The molecule has 0 radical (unpaired) electrons. The Morgan fingerprint density at radius 3 is 2.90 bits per heavy atom. The van der Waals surface area contributed by atoms with Crippen LogP contribution >= 0.6 is 15.9 Å². The van der Waals surface area contributed by atoms with Crippen molar-refractivity contribution in [2.75, 3.05) is 0 Å². The molecule has 6 heteroatoms. The van der Waals surface area contributed by atoms with Gasteiger partial charge in [0, 0.05) is 29.3 Å². The summed E-state index contributed by atoms with van der Waals surface area (Å²) in [5, 5.41) is 5.74. The van der Waals surface area contributed by atoms with Gasteiger partial charge in [-0.3, -0.25) is 20.9 Å². The van der Waals surface area contributed by atoms with Crippen LogP contribution in [0, 0.1) is 0 Å². The number of halogens is 1. The molecule has 0 fully saturated rings. The van der Waals surface area contributed by atoms with Crippen molar-refractivity contribution in [1.29, 1.82) is 0 Å². The van der Waals surface area contributed by atoms with E-state index in [9.17, 15) is 0 Å². The van der Waals surface area contributed by atoms with Gasteiger partial charge in [-0.05, 0) is 40.0 Å². The molecule has 1 unspecified atom stereocenters. The lowest BCUT2D eigenvalue weighted by molar-refractivity contribution is 0.532. The van der Waals surface area contributed by atoms with Crippen LogP contribution in [-0.2, 0) is 13.5 Å². The van der Waals surface area contributed by atoms with Crippen molar-refractivity contribution in [3.63, 3.8) is 0 Å². The summed E-state index contributed by atoms with van der Waals surface area (Å²) in [6, 6.07) is 10.1. The summed E-state index contributed by atoms with van der Waals surface area (Å²) in [5.41, 5.74) is 6.02. The van der Waals surface area contributed by atoms with Crippen LogP contribution in [0.25, 0.3) is 10.9 Å². The Morgan fingerprint density at radius 1 is 1.33 bits per heavy atom. The molecule has 0 bridgehead atoms. The van der Waals surface area contributed by atoms with Gasteiger partial charge in [-0.2, -0.15) is 5.10 Å². The van der Waals surface area contributed by atoms with E-state index < -0.39 is 0 Å². The fourth-order valence-electron chi connectivity index (χ4n) is 2.54. The summed E-state index contributed by atoms with van der Waals surface area (Å²) in [6.45, 7) is 0. The third kappa shape index (κ3) is 2.83. The second-order valence-electron chi connectivity index (χ2n) is 4.96. The molecule has 21 heavy (non-hydrogen) atoms. The number of nitrogens with zero attached hydrogens (tertiary/aromatic N) is 3. The lowest BCUT2D eigenvalue weighted by Gasteiger charge is -2.14. The molecule has 1 aromatic carbocycles. The Kier molecular flexibility index (Phi) is 4.01. The lowest BCUT2D eigenvalue weighted by Crippen LogP contribution is -2.30. The maximum Gasteiger partial charge on any atom is 0.0889 e. The number of hydrogen-bond acceptors (Lipinski definition) is 4. The monoisotopic (exact) mass is 345 g/mol. The van der Waals surface area contributed by atoms with Crippen LogP contribution in [0.1, 0.15) is 17.3 Å². The van der Waals surface area contributed by atoms with E-state index in [1.807, 2.05) is 36.1 Å². The molecule has 1 atom stereocenters. The Balaban J connectivity index is 1.99. The number of hydrazine groups is 1. The molecule has 3 rings (SSSR count). The molecule has 0 saturated heterocycles. The van der Waals surface area contributed by atoms with Gasteiger partial charge in [0.05, 0.1) is 17.3 Å². The maximum absolute atomic E-state index is 5.76. The average molecular weight is 346 g/mol. The Bertz CT molecular complexity index is 768. The largest absolute Gasteiger partial charge is 0.271 e. The van der Waals surface area contributed by atoms with Crippen LogP contribution < -0.4 is 11.3 Å². The number of benzene rings is 1. The molecule has 5 nitrogen and oxygen atoms in total. The van der Waals surface area contributed by atoms with Crippen LogP contribution in [0.15, 0.2) is 47.2 Å². The maximum atomic E-state index is 5.76. The number of para-hydroxylation sites is 1.